The van der Waals surface area contributed by atoms with Crippen LogP contribution in [0.25, 0.3) is 0 Å². The molecule has 2 heteroatoms. The molecule has 0 saturated heterocycles. The van der Waals surface area contributed by atoms with Gasteiger partial charge in [-0.2, -0.15) is 0 Å². The number of hydrogen-bond donors (Lipinski definition) is 1. The van der Waals surface area contributed by atoms with E-state index in [1.54, 1.807) is 0 Å². The highest BCUT2D eigenvalue weighted by atomic mass is 15.2. The first-order valence-electron chi connectivity index (χ1n) is 7.27. The maximum Gasteiger partial charge on any atom is 0.0107 e. The van der Waals surface area contributed by atoms with Gasteiger partial charge in [0, 0.05) is 19.1 Å². The second-order valence-electron chi connectivity index (χ2n) is 5.77. The first-order chi connectivity index (χ1) is 7.86. The number of rotatable bonds is 6. The Hall–Kier alpha value is -0.0800. The molecule has 0 radical (unpaired) electrons. The average molecular weight is 224 g/mol. The van der Waals surface area contributed by atoms with E-state index in [-0.39, 0.29) is 0 Å². The zero-order valence-corrected chi connectivity index (χ0v) is 10.9. The molecule has 0 bridgehead atoms. The highest BCUT2D eigenvalue weighted by molar-refractivity contribution is 4.82. The van der Waals surface area contributed by atoms with Crippen LogP contribution in [0.2, 0.25) is 0 Å². The summed E-state index contributed by atoms with van der Waals surface area (Å²) < 4.78 is 0. The first-order valence-corrected chi connectivity index (χ1v) is 7.27. The first kappa shape index (κ1) is 12.4. The summed E-state index contributed by atoms with van der Waals surface area (Å²) in [6, 6.07) is 0.916. The van der Waals surface area contributed by atoms with Crippen molar-refractivity contribution in [1.29, 1.82) is 0 Å². The van der Waals surface area contributed by atoms with Crippen molar-refractivity contribution in [1.82, 2.24) is 10.2 Å². The summed E-state index contributed by atoms with van der Waals surface area (Å²) in [6.07, 6.45) is 11.7. The van der Waals surface area contributed by atoms with E-state index in [0.717, 1.165) is 12.0 Å². The van der Waals surface area contributed by atoms with Gasteiger partial charge in [-0.15, -0.1) is 0 Å². The standard InChI is InChI=1S/C14H28N2/c1-16(14-8-9-14)11-10-15-12-13-6-4-2-3-5-7-13/h13-15H,2-12H2,1H3. The van der Waals surface area contributed by atoms with Crippen molar-refractivity contribution in [3.63, 3.8) is 0 Å². The lowest BCUT2D eigenvalue weighted by molar-refractivity contribution is 0.314. The monoisotopic (exact) mass is 224 g/mol. The largest absolute Gasteiger partial charge is 0.315 e. The number of nitrogens with zero attached hydrogens (tertiary/aromatic N) is 1. The predicted octanol–water partition coefficient (Wildman–Crippen LogP) is 2.64. The molecule has 0 aromatic rings. The van der Waals surface area contributed by atoms with Gasteiger partial charge in [-0.1, -0.05) is 25.7 Å². The van der Waals surface area contributed by atoms with Crippen LogP contribution in [0.5, 0.6) is 0 Å². The van der Waals surface area contributed by atoms with Crippen molar-refractivity contribution >= 4 is 0 Å². The summed E-state index contributed by atoms with van der Waals surface area (Å²) >= 11 is 0. The van der Waals surface area contributed by atoms with Gasteiger partial charge in [0.05, 0.1) is 0 Å². The van der Waals surface area contributed by atoms with Crippen molar-refractivity contribution in [2.24, 2.45) is 5.92 Å². The van der Waals surface area contributed by atoms with Gasteiger partial charge in [0.1, 0.15) is 0 Å². The lowest BCUT2D eigenvalue weighted by Crippen LogP contribution is -2.33. The SMILES string of the molecule is CN(CCNCC1CCCCCC1)C1CC1. The fraction of sp³-hybridized carbons (Fsp3) is 1.00. The second-order valence-corrected chi connectivity index (χ2v) is 5.77. The summed E-state index contributed by atoms with van der Waals surface area (Å²) in [4.78, 5) is 2.51. The quantitative estimate of drug-likeness (QED) is 0.551. The van der Waals surface area contributed by atoms with Gasteiger partial charge in [-0.25, -0.2) is 0 Å². The Balaban J connectivity index is 1.49. The Labute approximate surface area is 101 Å². The molecule has 0 aromatic heterocycles. The molecule has 0 atom stereocenters. The van der Waals surface area contributed by atoms with Gasteiger partial charge in [0.15, 0.2) is 0 Å². The molecule has 2 aliphatic rings. The van der Waals surface area contributed by atoms with E-state index < -0.39 is 0 Å². The van der Waals surface area contributed by atoms with E-state index >= 15 is 0 Å². The van der Waals surface area contributed by atoms with Gasteiger partial charge in [0.2, 0.25) is 0 Å². The van der Waals surface area contributed by atoms with Gasteiger partial charge in [-0.3, -0.25) is 0 Å². The van der Waals surface area contributed by atoms with Crippen molar-refractivity contribution in [3.8, 4) is 0 Å². The maximum atomic E-state index is 3.65. The molecule has 2 nitrogen and oxygen atoms in total. The highest BCUT2D eigenvalue weighted by Gasteiger charge is 2.25. The molecule has 2 aliphatic carbocycles. The number of nitrogens with one attached hydrogen (secondary N) is 1. The average Bonchev–Trinajstić information content (AvgIpc) is 3.10. The van der Waals surface area contributed by atoms with Crippen molar-refractivity contribution in [2.75, 3.05) is 26.7 Å². The van der Waals surface area contributed by atoms with Crippen LogP contribution in [0.4, 0.5) is 0 Å². The fourth-order valence-electron chi connectivity index (χ4n) is 2.83. The second kappa shape index (κ2) is 6.61. The van der Waals surface area contributed by atoms with Crippen molar-refractivity contribution in [2.45, 2.75) is 57.4 Å². The summed E-state index contributed by atoms with van der Waals surface area (Å²) in [6.45, 7) is 3.68. The van der Waals surface area contributed by atoms with Gasteiger partial charge >= 0.3 is 0 Å². The molecule has 2 saturated carbocycles. The smallest absolute Gasteiger partial charge is 0.0107 e. The molecule has 16 heavy (non-hydrogen) atoms. The molecular formula is C14H28N2. The van der Waals surface area contributed by atoms with Crippen LogP contribution in [-0.4, -0.2) is 37.6 Å². The molecule has 0 unspecified atom stereocenters. The molecular weight excluding hydrogens is 196 g/mol. The minimum atomic E-state index is 0.916. The number of hydrogen-bond acceptors (Lipinski definition) is 2. The van der Waals surface area contributed by atoms with Gasteiger partial charge < -0.3 is 10.2 Å². The topological polar surface area (TPSA) is 15.3 Å². The predicted molar refractivity (Wildman–Crippen MR) is 69.7 cm³/mol. The van der Waals surface area contributed by atoms with Crippen LogP contribution in [-0.2, 0) is 0 Å². The molecule has 2 fully saturated rings. The molecule has 0 spiro atoms. The normalized spacial score (nSPS) is 23.6. The van der Waals surface area contributed by atoms with Crippen LogP contribution in [0.1, 0.15) is 51.4 Å². The Morgan fingerprint density at radius 3 is 2.31 bits per heavy atom. The molecule has 0 aliphatic heterocycles. The van der Waals surface area contributed by atoms with Crippen LogP contribution in [0.3, 0.4) is 0 Å². The minimum Gasteiger partial charge on any atom is -0.315 e. The third kappa shape index (κ3) is 4.42. The lowest BCUT2D eigenvalue weighted by atomic mass is 10.0. The zero-order valence-electron chi connectivity index (χ0n) is 10.9. The van der Waals surface area contributed by atoms with Crippen molar-refractivity contribution in [3.05, 3.63) is 0 Å². The van der Waals surface area contributed by atoms with E-state index in [9.17, 15) is 0 Å². The molecule has 94 valence electrons. The van der Waals surface area contributed by atoms with E-state index in [2.05, 4.69) is 17.3 Å². The summed E-state index contributed by atoms with van der Waals surface area (Å²) in [5, 5.41) is 3.65. The third-order valence-corrected chi connectivity index (χ3v) is 4.22. The Morgan fingerprint density at radius 2 is 1.69 bits per heavy atom. The maximum absolute atomic E-state index is 3.65. The molecule has 1 N–H and O–H groups in total. The van der Waals surface area contributed by atoms with Crippen LogP contribution in [0.15, 0.2) is 0 Å². The van der Waals surface area contributed by atoms with Gasteiger partial charge in [0.25, 0.3) is 0 Å². The van der Waals surface area contributed by atoms with E-state index in [4.69, 9.17) is 0 Å². The summed E-state index contributed by atoms with van der Waals surface area (Å²) in [7, 11) is 2.27. The van der Waals surface area contributed by atoms with Crippen LogP contribution in [0, 0.1) is 5.92 Å². The summed E-state index contributed by atoms with van der Waals surface area (Å²) in [5.74, 6) is 0.966. The third-order valence-electron chi connectivity index (χ3n) is 4.22. The Bertz CT molecular complexity index is 181. The van der Waals surface area contributed by atoms with Gasteiger partial charge in [-0.05, 0) is 45.2 Å². The Morgan fingerprint density at radius 1 is 1.00 bits per heavy atom. The zero-order chi connectivity index (χ0) is 11.2. The molecule has 0 amide bonds. The number of likely N-dealkylation sites (N-methyl/N-ethyl adjacent to an activating group) is 1. The van der Waals surface area contributed by atoms with Crippen LogP contribution < -0.4 is 5.32 Å². The molecule has 2 rings (SSSR count). The molecule has 0 aromatic carbocycles. The highest BCUT2D eigenvalue weighted by Crippen LogP contribution is 2.24. The van der Waals surface area contributed by atoms with E-state index in [1.165, 1.54) is 71.0 Å². The van der Waals surface area contributed by atoms with E-state index in [0.29, 0.717) is 0 Å². The Kier molecular flexibility index (Phi) is 5.11. The van der Waals surface area contributed by atoms with E-state index in [1.807, 2.05) is 0 Å². The van der Waals surface area contributed by atoms with Crippen molar-refractivity contribution < 1.29 is 0 Å². The van der Waals surface area contributed by atoms with Crippen LogP contribution >= 0.6 is 0 Å². The lowest BCUT2D eigenvalue weighted by Gasteiger charge is -2.18. The minimum absolute atomic E-state index is 0.916. The summed E-state index contributed by atoms with van der Waals surface area (Å²) in [5.41, 5.74) is 0. The molecule has 0 heterocycles. The fourth-order valence-corrected chi connectivity index (χ4v) is 2.83.